The van der Waals surface area contributed by atoms with Gasteiger partial charge in [-0.2, -0.15) is 0 Å². The van der Waals surface area contributed by atoms with E-state index in [0.29, 0.717) is 0 Å². The minimum atomic E-state index is -0.809. The Labute approximate surface area is 130 Å². The average Bonchev–Trinajstić information content (AvgIpc) is 2.44. The van der Waals surface area contributed by atoms with Crippen molar-refractivity contribution in [1.82, 2.24) is 0 Å². The first-order chi connectivity index (χ1) is 9.35. The Morgan fingerprint density at radius 2 is 0.842 bits per heavy atom. The van der Waals surface area contributed by atoms with Gasteiger partial charge in [-0.15, -0.1) is 0 Å². The summed E-state index contributed by atoms with van der Waals surface area (Å²) in [6.07, 6.45) is 17.9. The van der Waals surface area contributed by atoms with Crippen LogP contribution in [0.2, 0.25) is 13.3 Å². The summed E-state index contributed by atoms with van der Waals surface area (Å²) in [6, 6.07) is 0. The van der Waals surface area contributed by atoms with Crippen LogP contribution in [0.5, 0.6) is 0 Å². The SMILES string of the molecule is CCCCCCCCCCCCC[CH2][Sn]([CH2]C)[CH2]C. The molecule has 0 aliphatic heterocycles. The summed E-state index contributed by atoms with van der Waals surface area (Å²) < 4.78 is 4.83. The van der Waals surface area contributed by atoms with Crippen molar-refractivity contribution in [2.24, 2.45) is 0 Å². The van der Waals surface area contributed by atoms with Gasteiger partial charge in [-0.05, 0) is 0 Å². The fourth-order valence-corrected chi connectivity index (χ4v) is 8.41. The minimum absolute atomic E-state index is 0.809. The first-order valence-corrected chi connectivity index (χ1v) is 15.2. The van der Waals surface area contributed by atoms with Crippen LogP contribution >= 0.6 is 0 Å². The zero-order valence-electron chi connectivity index (χ0n) is 14.1. The molecule has 0 spiro atoms. The van der Waals surface area contributed by atoms with Crippen molar-refractivity contribution >= 4 is 19.8 Å². The molecule has 0 aliphatic rings. The Bertz CT molecular complexity index is 152. The van der Waals surface area contributed by atoms with Crippen molar-refractivity contribution in [2.45, 2.75) is 111 Å². The van der Waals surface area contributed by atoms with Gasteiger partial charge in [0.1, 0.15) is 0 Å². The molecule has 0 aliphatic carbocycles. The second kappa shape index (κ2) is 16.9. The molecule has 0 rings (SSSR count). The van der Waals surface area contributed by atoms with Gasteiger partial charge in [0.25, 0.3) is 0 Å². The second-order valence-electron chi connectivity index (χ2n) is 6.10. The molecule has 0 nitrogen and oxygen atoms in total. The van der Waals surface area contributed by atoms with Crippen LogP contribution in [-0.2, 0) is 0 Å². The van der Waals surface area contributed by atoms with Gasteiger partial charge in [0, 0.05) is 0 Å². The molecule has 0 bridgehead atoms. The third-order valence-corrected chi connectivity index (χ3v) is 13.1. The van der Waals surface area contributed by atoms with Gasteiger partial charge in [0.05, 0.1) is 0 Å². The van der Waals surface area contributed by atoms with E-state index in [1.807, 2.05) is 0 Å². The monoisotopic (exact) mass is 375 g/mol. The van der Waals surface area contributed by atoms with Gasteiger partial charge < -0.3 is 0 Å². The van der Waals surface area contributed by atoms with Crippen molar-refractivity contribution in [3.05, 3.63) is 0 Å². The van der Waals surface area contributed by atoms with Crippen LogP contribution in [0.15, 0.2) is 0 Å². The van der Waals surface area contributed by atoms with Gasteiger partial charge >= 0.3 is 118 Å². The van der Waals surface area contributed by atoms with Gasteiger partial charge in [-0.3, -0.25) is 0 Å². The van der Waals surface area contributed by atoms with Gasteiger partial charge in [-0.25, -0.2) is 0 Å². The predicted octanol–water partition coefficient (Wildman–Crippen LogP) is 7.22. The van der Waals surface area contributed by atoms with Crippen LogP contribution in [-0.4, -0.2) is 19.8 Å². The molecule has 0 saturated carbocycles. The third kappa shape index (κ3) is 15.0. The average molecular weight is 374 g/mol. The summed E-state index contributed by atoms with van der Waals surface area (Å²) >= 11 is -0.809. The van der Waals surface area contributed by atoms with E-state index in [1.54, 1.807) is 19.7 Å². The number of hydrogen-bond donors (Lipinski definition) is 0. The Kier molecular flexibility index (Phi) is 17.6. The van der Waals surface area contributed by atoms with Gasteiger partial charge in [0.2, 0.25) is 0 Å². The quantitative estimate of drug-likeness (QED) is 0.210. The normalized spacial score (nSPS) is 11.4. The molecule has 0 amide bonds. The molecule has 0 unspecified atom stereocenters. The molecule has 1 radical (unpaired) electrons. The van der Waals surface area contributed by atoms with Gasteiger partial charge in [-0.1, -0.05) is 13.3 Å². The van der Waals surface area contributed by atoms with Crippen LogP contribution in [0.4, 0.5) is 0 Å². The summed E-state index contributed by atoms with van der Waals surface area (Å²) in [4.78, 5) is 0. The summed E-state index contributed by atoms with van der Waals surface area (Å²) in [5, 5.41) is 0. The van der Waals surface area contributed by atoms with E-state index < -0.39 is 19.8 Å². The molecule has 0 saturated heterocycles. The fourth-order valence-electron chi connectivity index (χ4n) is 2.82. The Hall–Kier alpha value is 0.799. The summed E-state index contributed by atoms with van der Waals surface area (Å²) in [7, 11) is 0. The predicted molar refractivity (Wildman–Crippen MR) is 92.6 cm³/mol. The van der Waals surface area contributed by atoms with E-state index in [2.05, 4.69) is 20.8 Å². The van der Waals surface area contributed by atoms with Crippen molar-refractivity contribution < 1.29 is 0 Å². The molecule has 0 heterocycles. The summed E-state index contributed by atoms with van der Waals surface area (Å²) in [5.74, 6) is 0. The summed E-state index contributed by atoms with van der Waals surface area (Å²) in [6.45, 7) is 7.16. The molecule has 115 valence electrons. The molecule has 0 atom stereocenters. The molecule has 0 fully saturated rings. The molecule has 19 heavy (non-hydrogen) atoms. The molecule has 0 aromatic heterocycles. The van der Waals surface area contributed by atoms with Crippen LogP contribution in [0.3, 0.4) is 0 Å². The third-order valence-electron chi connectivity index (χ3n) is 4.38. The van der Waals surface area contributed by atoms with E-state index in [9.17, 15) is 0 Å². The van der Waals surface area contributed by atoms with Crippen molar-refractivity contribution in [2.75, 3.05) is 0 Å². The van der Waals surface area contributed by atoms with E-state index in [0.717, 1.165) is 0 Å². The molecule has 0 N–H and O–H groups in total. The van der Waals surface area contributed by atoms with E-state index >= 15 is 0 Å². The Balaban J connectivity index is 3.02. The first kappa shape index (κ1) is 19.8. The zero-order chi connectivity index (χ0) is 14.2. The van der Waals surface area contributed by atoms with Crippen molar-refractivity contribution in [3.8, 4) is 0 Å². The first-order valence-electron chi connectivity index (χ1n) is 9.18. The van der Waals surface area contributed by atoms with Crippen molar-refractivity contribution in [1.29, 1.82) is 0 Å². The summed E-state index contributed by atoms with van der Waals surface area (Å²) in [5.41, 5.74) is 0. The molecular weight excluding hydrogens is 335 g/mol. The van der Waals surface area contributed by atoms with E-state index in [1.165, 1.54) is 70.6 Å². The second-order valence-corrected chi connectivity index (χ2v) is 15.8. The maximum absolute atomic E-state index is 2.43. The van der Waals surface area contributed by atoms with Crippen LogP contribution in [0.1, 0.15) is 97.8 Å². The van der Waals surface area contributed by atoms with Crippen molar-refractivity contribution in [3.63, 3.8) is 0 Å². The van der Waals surface area contributed by atoms with E-state index in [-0.39, 0.29) is 0 Å². The van der Waals surface area contributed by atoms with Crippen LogP contribution < -0.4 is 0 Å². The van der Waals surface area contributed by atoms with E-state index in [4.69, 9.17) is 0 Å². The topological polar surface area (TPSA) is 0 Å². The molecule has 0 aromatic carbocycles. The molecular formula is C18H39Sn. The van der Waals surface area contributed by atoms with Crippen LogP contribution in [0.25, 0.3) is 0 Å². The van der Waals surface area contributed by atoms with Crippen LogP contribution in [0, 0.1) is 0 Å². The molecule has 0 aromatic rings. The number of rotatable bonds is 15. The Morgan fingerprint density at radius 1 is 0.474 bits per heavy atom. The Morgan fingerprint density at radius 3 is 1.21 bits per heavy atom. The number of hydrogen-bond acceptors (Lipinski definition) is 0. The standard InChI is InChI=1S/C14H29.2C2H5.Sn/c1-3-5-7-9-11-13-14-12-10-8-6-4-2;2*1-2;/h1,3-14H2,2H3;2*1H2,2H3;. The number of unbranched alkanes of at least 4 members (excludes halogenated alkanes) is 11. The van der Waals surface area contributed by atoms with Gasteiger partial charge in [0.15, 0.2) is 0 Å². The fraction of sp³-hybridized carbons (Fsp3) is 1.00. The molecule has 1 heteroatoms. The zero-order valence-corrected chi connectivity index (χ0v) is 17.0. The maximum atomic E-state index is 2.43.